The van der Waals surface area contributed by atoms with Crippen LogP contribution in [-0.2, 0) is 9.53 Å². The second kappa shape index (κ2) is 7.99. The average Bonchev–Trinajstić information content (AvgIpc) is 2.47. The van der Waals surface area contributed by atoms with E-state index in [-0.39, 0.29) is 18.6 Å². The van der Waals surface area contributed by atoms with Crippen molar-refractivity contribution in [1.29, 1.82) is 0 Å². The number of ether oxygens (including phenoxy) is 2. The summed E-state index contributed by atoms with van der Waals surface area (Å²) < 4.78 is 10.9. The van der Waals surface area contributed by atoms with Gasteiger partial charge in [-0.05, 0) is 38.5 Å². The summed E-state index contributed by atoms with van der Waals surface area (Å²) in [6.45, 7) is 11.5. The van der Waals surface area contributed by atoms with E-state index in [1.54, 1.807) is 25.1 Å². The Morgan fingerprint density at radius 1 is 1.22 bits per heavy atom. The Kier molecular flexibility index (Phi) is 6.61. The molecule has 1 aromatic carbocycles. The molecule has 1 unspecified atom stereocenters. The van der Waals surface area contributed by atoms with Gasteiger partial charge in [-0.25, -0.2) is 4.79 Å². The summed E-state index contributed by atoms with van der Waals surface area (Å²) in [5.41, 5.74) is 0.346. The summed E-state index contributed by atoms with van der Waals surface area (Å²) in [6, 6.07) is 5.01. The van der Waals surface area contributed by atoms with Crippen molar-refractivity contribution in [1.82, 2.24) is 0 Å². The molecule has 0 aliphatic carbocycles. The van der Waals surface area contributed by atoms with Crippen LogP contribution in [0, 0.1) is 5.41 Å². The van der Waals surface area contributed by atoms with Crippen LogP contribution >= 0.6 is 0 Å². The predicted octanol–water partition coefficient (Wildman–Crippen LogP) is 4.03. The number of hydrogen-bond acceptors (Lipinski definition) is 4. The van der Waals surface area contributed by atoms with Gasteiger partial charge in [0.05, 0.1) is 12.7 Å². The normalized spacial score (nSPS) is 12.4. The molecular weight excluding hydrogens is 294 g/mol. The molecule has 0 saturated carbocycles. The fourth-order valence-corrected chi connectivity index (χ4v) is 1.70. The first-order valence-corrected chi connectivity index (χ1v) is 7.98. The summed E-state index contributed by atoms with van der Waals surface area (Å²) in [6.07, 6.45) is 0.809. The second-order valence-corrected chi connectivity index (χ2v) is 6.47. The number of esters is 1. The van der Waals surface area contributed by atoms with E-state index in [2.05, 4.69) is 5.32 Å². The minimum atomic E-state index is -0.518. The van der Waals surface area contributed by atoms with Gasteiger partial charge < -0.3 is 14.8 Å². The standard InChI is InChI=1S/C18H27NO4/c1-7-12(3)23-15-10-9-13(19-17(21)18(4,5)6)11-14(15)16(20)22-8-2/h9-12H,7-8H2,1-6H3,(H,19,21). The predicted molar refractivity (Wildman–Crippen MR) is 90.9 cm³/mol. The van der Waals surface area contributed by atoms with Gasteiger partial charge in [-0.2, -0.15) is 0 Å². The third-order valence-electron chi connectivity index (χ3n) is 3.32. The van der Waals surface area contributed by atoms with Gasteiger partial charge in [-0.3, -0.25) is 4.79 Å². The van der Waals surface area contributed by atoms with Crippen LogP contribution in [0.15, 0.2) is 18.2 Å². The zero-order valence-electron chi connectivity index (χ0n) is 14.9. The van der Waals surface area contributed by atoms with Crippen molar-refractivity contribution in [3.63, 3.8) is 0 Å². The highest BCUT2D eigenvalue weighted by molar-refractivity contribution is 5.98. The fourth-order valence-electron chi connectivity index (χ4n) is 1.70. The van der Waals surface area contributed by atoms with E-state index in [0.717, 1.165) is 6.42 Å². The van der Waals surface area contributed by atoms with E-state index in [1.165, 1.54) is 0 Å². The molecule has 0 aliphatic heterocycles. The lowest BCUT2D eigenvalue weighted by Crippen LogP contribution is -2.27. The van der Waals surface area contributed by atoms with Gasteiger partial charge in [0.2, 0.25) is 5.91 Å². The molecule has 0 radical (unpaired) electrons. The van der Waals surface area contributed by atoms with Gasteiger partial charge >= 0.3 is 5.97 Å². The number of nitrogens with one attached hydrogen (secondary N) is 1. The van der Waals surface area contributed by atoms with Crippen LogP contribution in [0.5, 0.6) is 5.75 Å². The van der Waals surface area contributed by atoms with Crippen LogP contribution in [0.2, 0.25) is 0 Å². The molecule has 1 atom stereocenters. The van der Waals surface area contributed by atoms with Crippen molar-refractivity contribution in [3.05, 3.63) is 23.8 Å². The maximum absolute atomic E-state index is 12.2. The number of rotatable bonds is 6. The maximum Gasteiger partial charge on any atom is 0.341 e. The quantitative estimate of drug-likeness (QED) is 0.804. The zero-order valence-corrected chi connectivity index (χ0v) is 14.9. The lowest BCUT2D eigenvalue weighted by atomic mass is 9.95. The SMILES string of the molecule is CCOC(=O)c1cc(NC(=O)C(C)(C)C)ccc1OC(C)CC. The van der Waals surface area contributed by atoms with E-state index in [4.69, 9.17) is 9.47 Å². The number of benzene rings is 1. The third kappa shape index (κ3) is 5.58. The van der Waals surface area contributed by atoms with Crippen molar-refractivity contribution in [2.24, 2.45) is 5.41 Å². The van der Waals surface area contributed by atoms with Crippen molar-refractivity contribution < 1.29 is 19.1 Å². The summed E-state index contributed by atoms with van der Waals surface area (Å²) >= 11 is 0. The summed E-state index contributed by atoms with van der Waals surface area (Å²) in [5, 5.41) is 2.81. The number of amides is 1. The van der Waals surface area contributed by atoms with Gasteiger partial charge in [0, 0.05) is 11.1 Å². The topological polar surface area (TPSA) is 64.6 Å². The molecule has 0 aromatic heterocycles. The van der Waals surface area contributed by atoms with Crippen molar-refractivity contribution in [2.75, 3.05) is 11.9 Å². The van der Waals surface area contributed by atoms with Gasteiger partial charge in [0.15, 0.2) is 0 Å². The molecule has 0 spiro atoms. The molecule has 5 nitrogen and oxygen atoms in total. The van der Waals surface area contributed by atoms with E-state index >= 15 is 0 Å². The number of carbonyl (C=O) groups is 2. The Labute approximate surface area is 138 Å². The number of anilines is 1. The summed E-state index contributed by atoms with van der Waals surface area (Å²) in [5.74, 6) is -0.118. The molecule has 0 aliphatic rings. The van der Waals surface area contributed by atoms with Gasteiger partial charge in [0.25, 0.3) is 0 Å². The molecule has 0 heterocycles. The molecule has 1 N–H and O–H groups in total. The first-order valence-electron chi connectivity index (χ1n) is 7.98. The highest BCUT2D eigenvalue weighted by Crippen LogP contribution is 2.26. The van der Waals surface area contributed by atoms with Crippen LogP contribution in [0.25, 0.3) is 0 Å². The Hall–Kier alpha value is -2.04. The highest BCUT2D eigenvalue weighted by Gasteiger charge is 2.22. The zero-order chi connectivity index (χ0) is 17.6. The van der Waals surface area contributed by atoms with Crippen LogP contribution in [0.4, 0.5) is 5.69 Å². The monoisotopic (exact) mass is 321 g/mol. The molecule has 0 bridgehead atoms. The van der Waals surface area contributed by atoms with Crippen LogP contribution in [0.3, 0.4) is 0 Å². The van der Waals surface area contributed by atoms with Crippen molar-refractivity contribution >= 4 is 17.6 Å². The fraction of sp³-hybridized carbons (Fsp3) is 0.556. The first-order chi connectivity index (χ1) is 10.7. The summed E-state index contributed by atoms with van der Waals surface area (Å²) in [4.78, 5) is 24.2. The van der Waals surface area contributed by atoms with E-state index in [0.29, 0.717) is 17.0 Å². The molecule has 5 heteroatoms. The van der Waals surface area contributed by atoms with Crippen molar-refractivity contribution in [3.8, 4) is 5.75 Å². The lowest BCUT2D eigenvalue weighted by Gasteiger charge is -2.19. The molecule has 0 fully saturated rings. The molecule has 128 valence electrons. The number of hydrogen-bond donors (Lipinski definition) is 1. The maximum atomic E-state index is 12.2. The Morgan fingerprint density at radius 3 is 2.39 bits per heavy atom. The molecule has 1 aromatic rings. The van der Waals surface area contributed by atoms with E-state index in [9.17, 15) is 9.59 Å². The second-order valence-electron chi connectivity index (χ2n) is 6.47. The number of carbonyl (C=O) groups excluding carboxylic acids is 2. The molecular formula is C18H27NO4. The third-order valence-corrected chi connectivity index (χ3v) is 3.32. The van der Waals surface area contributed by atoms with Gasteiger partial charge in [-0.15, -0.1) is 0 Å². The Balaban J connectivity index is 3.11. The largest absolute Gasteiger partial charge is 0.490 e. The lowest BCUT2D eigenvalue weighted by molar-refractivity contribution is -0.123. The molecule has 1 rings (SSSR count). The van der Waals surface area contributed by atoms with Gasteiger partial charge in [-0.1, -0.05) is 27.7 Å². The minimum Gasteiger partial charge on any atom is -0.490 e. The summed E-state index contributed by atoms with van der Waals surface area (Å²) in [7, 11) is 0. The van der Waals surface area contributed by atoms with Crippen LogP contribution in [0.1, 0.15) is 58.3 Å². The Morgan fingerprint density at radius 2 is 1.87 bits per heavy atom. The van der Waals surface area contributed by atoms with Crippen LogP contribution in [-0.4, -0.2) is 24.6 Å². The van der Waals surface area contributed by atoms with E-state index < -0.39 is 11.4 Å². The molecule has 1 amide bonds. The first kappa shape index (κ1) is 19.0. The molecule has 0 saturated heterocycles. The highest BCUT2D eigenvalue weighted by atomic mass is 16.5. The molecule has 23 heavy (non-hydrogen) atoms. The average molecular weight is 321 g/mol. The van der Waals surface area contributed by atoms with Crippen molar-refractivity contribution in [2.45, 2.75) is 54.1 Å². The Bertz CT molecular complexity index is 561. The van der Waals surface area contributed by atoms with E-state index in [1.807, 2.05) is 34.6 Å². The van der Waals surface area contributed by atoms with Gasteiger partial charge in [0.1, 0.15) is 11.3 Å². The minimum absolute atomic E-state index is 0.0156. The van der Waals surface area contributed by atoms with Crippen LogP contribution < -0.4 is 10.1 Å². The smallest absolute Gasteiger partial charge is 0.341 e.